The van der Waals surface area contributed by atoms with Crippen molar-refractivity contribution in [2.24, 2.45) is 11.1 Å². The lowest BCUT2D eigenvalue weighted by Gasteiger charge is -2.61. The van der Waals surface area contributed by atoms with Crippen LogP contribution in [0.4, 0.5) is 0 Å². The summed E-state index contributed by atoms with van der Waals surface area (Å²) in [5.41, 5.74) is 6.77. The van der Waals surface area contributed by atoms with Gasteiger partial charge in [0.15, 0.2) is 0 Å². The minimum Gasteiger partial charge on any atom is -0.378 e. The molecule has 2 aliphatic rings. The molecule has 0 aromatic heterocycles. The van der Waals surface area contributed by atoms with Gasteiger partial charge >= 0.3 is 0 Å². The van der Waals surface area contributed by atoms with Gasteiger partial charge < -0.3 is 10.5 Å². The van der Waals surface area contributed by atoms with Gasteiger partial charge in [0.1, 0.15) is 0 Å². The van der Waals surface area contributed by atoms with Crippen molar-refractivity contribution in [1.29, 1.82) is 0 Å². The summed E-state index contributed by atoms with van der Waals surface area (Å²) in [6.07, 6.45) is 8.27. The summed E-state index contributed by atoms with van der Waals surface area (Å²) in [5, 5.41) is 0. The second kappa shape index (κ2) is 6.33. The molecule has 2 saturated carbocycles. The van der Waals surface area contributed by atoms with Crippen LogP contribution in [0.2, 0.25) is 0 Å². The van der Waals surface area contributed by atoms with E-state index in [1.807, 2.05) is 0 Å². The molecule has 0 bridgehead atoms. The van der Waals surface area contributed by atoms with Crippen molar-refractivity contribution in [3.05, 3.63) is 0 Å². The molecule has 118 valence electrons. The normalized spacial score (nSPS) is 34.2. The van der Waals surface area contributed by atoms with Crippen molar-refractivity contribution in [3.63, 3.8) is 0 Å². The maximum atomic E-state index is 6.76. The highest BCUT2D eigenvalue weighted by Gasteiger charge is 2.58. The van der Waals surface area contributed by atoms with Gasteiger partial charge in [-0.3, -0.25) is 4.90 Å². The van der Waals surface area contributed by atoms with Crippen LogP contribution in [0.15, 0.2) is 0 Å². The Labute approximate surface area is 125 Å². The predicted molar refractivity (Wildman–Crippen MR) is 84.9 cm³/mol. The highest BCUT2D eigenvalue weighted by atomic mass is 16.5. The van der Waals surface area contributed by atoms with Crippen LogP contribution in [-0.2, 0) is 4.74 Å². The lowest BCUT2D eigenvalue weighted by atomic mass is 9.54. The zero-order valence-electron chi connectivity index (χ0n) is 14.0. The molecule has 0 spiro atoms. The standard InChI is InChI=1S/C17H34N2O/c1-5-19(14-10-8-7-9-11-14)13-17(18)12-15(20-6-2)16(17,3)4/h14-15H,5-13,18H2,1-4H3. The molecule has 0 radical (unpaired) electrons. The molecule has 0 amide bonds. The van der Waals surface area contributed by atoms with Crippen LogP contribution >= 0.6 is 0 Å². The Hall–Kier alpha value is -0.120. The quantitative estimate of drug-likeness (QED) is 0.813. The Morgan fingerprint density at radius 3 is 2.30 bits per heavy atom. The van der Waals surface area contributed by atoms with Gasteiger partial charge in [-0.05, 0) is 32.7 Å². The van der Waals surface area contributed by atoms with Gasteiger partial charge in [0, 0.05) is 30.1 Å². The number of ether oxygens (including phenoxy) is 1. The third-order valence-electron chi connectivity index (χ3n) is 5.99. The van der Waals surface area contributed by atoms with E-state index in [1.54, 1.807) is 0 Å². The first-order chi connectivity index (χ1) is 9.44. The van der Waals surface area contributed by atoms with Crippen LogP contribution in [0.25, 0.3) is 0 Å². The van der Waals surface area contributed by atoms with E-state index in [2.05, 4.69) is 32.6 Å². The molecular formula is C17H34N2O. The Balaban J connectivity index is 1.96. The molecule has 0 aliphatic heterocycles. The van der Waals surface area contributed by atoms with Crippen molar-refractivity contribution in [2.45, 2.75) is 83.9 Å². The van der Waals surface area contributed by atoms with Gasteiger partial charge in [0.2, 0.25) is 0 Å². The molecule has 2 unspecified atom stereocenters. The molecule has 0 saturated heterocycles. The molecule has 0 heterocycles. The zero-order valence-corrected chi connectivity index (χ0v) is 14.0. The SMILES string of the molecule is CCOC1CC(N)(CN(CC)C2CCCCC2)C1(C)C. The molecule has 3 nitrogen and oxygen atoms in total. The lowest BCUT2D eigenvalue weighted by Crippen LogP contribution is -2.74. The van der Waals surface area contributed by atoms with Crippen LogP contribution in [0, 0.1) is 5.41 Å². The lowest BCUT2D eigenvalue weighted by molar-refractivity contribution is -0.158. The average Bonchev–Trinajstić information content (AvgIpc) is 2.45. The molecular weight excluding hydrogens is 248 g/mol. The predicted octanol–water partition coefficient (Wildman–Crippen LogP) is 3.17. The summed E-state index contributed by atoms with van der Waals surface area (Å²) in [4.78, 5) is 2.64. The monoisotopic (exact) mass is 282 g/mol. The number of hydrogen-bond acceptors (Lipinski definition) is 3. The summed E-state index contributed by atoms with van der Waals surface area (Å²) in [7, 11) is 0. The number of likely N-dealkylation sites (N-methyl/N-ethyl adjacent to an activating group) is 1. The Morgan fingerprint density at radius 1 is 1.15 bits per heavy atom. The minimum absolute atomic E-state index is 0.0830. The van der Waals surface area contributed by atoms with E-state index < -0.39 is 0 Å². The molecule has 20 heavy (non-hydrogen) atoms. The largest absolute Gasteiger partial charge is 0.378 e. The van der Waals surface area contributed by atoms with Crippen LogP contribution in [-0.4, -0.2) is 42.3 Å². The summed E-state index contributed by atoms with van der Waals surface area (Å²) >= 11 is 0. The molecule has 2 atom stereocenters. The third kappa shape index (κ3) is 2.90. The Morgan fingerprint density at radius 2 is 1.80 bits per heavy atom. The highest BCUT2D eigenvalue weighted by molar-refractivity contribution is 5.15. The highest BCUT2D eigenvalue weighted by Crippen LogP contribution is 2.50. The maximum Gasteiger partial charge on any atom is 0.0662 e. The molecule has 2 rings (SSSR count). The van der Waals surface area contributed by atoms with Crippen LogP contribution in [0.1, 0.15) is 66.2 Å². The van der Waals surface area contributed by atoms with Crippen molar-refractivity contribution >= 4 is 0 Å². The van der Waals surface area contributed by atoms with E-state index >= 15 is 0 Å². The molecule has 3 heteroatoms. The van der Waals surface area contributed by atoms with Crippen molar-refractivity contribution < 1.29 is 4.74 Å². The van der Waals surface area contributed by atoms with Gasteiger partial charge in [0.25, 0.3) is 0 Å². The summed E-state index contributed by atoms with van der Waals surface area (Å²) in [6.45, 7) is 11.9. The third-order valence-corrected chi connectivity index (χ3v) is 5.99. The maximum absolute atomic E-state index is 6.76. The number of rotatable bonds is 6. The van der Waals surface area contributed by atoms with Crippen molar-refractivity contribution in [3.8, 4) is 0 Å². The summed E-state index contributed by atoms with van der Waals surface area (Å²) in [5.74, 6) is 0. The molecule has 0 aromatic rings. The smallest absolute Gasteiger partial charge is 0.0662 e. The summed E-state index contributed by atoms with van der Waals surface area (Å²) in [6, 6.07) is 0.760. The van der Waals surface area contributed by atoms with Crippen molar-refractivity contribution in [1.82, 2.24) is 4.90 Å². The second-order valence-electron chi connectivity index (χ2n) is 7.38. The van der Waals surface area contributed by atoms with E-state index in [4.69, 9.17) is 10.5 Å². The number of nitrogens with zero attached hydrogens (tertiary/aromatic N) is 1. The van der Waals surface area contributed by atoms with E-state index in [-0.39, 0.29) is 11.0 Å². The van der Waals surface area contributed by atoms with Gasteiger partial charge in [-0.25, -0.2) is 0 Å². The van der Waals surface area contributed by atoms with Gasteiger partial charge in [0.05, 0.1) is 6.10 Å². The van der Waals surface area contributed by atoms with Gasteiger partial charge in [-0.2, -0.15) is 0 Å². The minimum atomic E-state index is -0.0830. The topological polar surface area (TPSA) is 38.5 Å². The number of hydrogen-bond donors (Lipinski definition) is 1. The number of nitrogens with two attached hydrogens (primary N) is 1. The first-order valence-corrected chi connectivity index (χ1v) is 8.59. The fourth-order valence-corrected chi connectivity index (χ4v) is 4.08. The van der Waals surface area contributed by atoms with E-state index in [9.17, 15) is 0 Å². The molecule has 2 fully saturated rings. The van der Waals surface area contributed by atoms with Crippen LogP contribution < -0.4 is 5.73 Å². The summed E-state index contributed by atoms with van der Waals surface area (Å²) < 4.78 is 5.85. The fraction of sp³-hybridized carbons (Fsp3) is 1.00. The van der Waals surface area contributed by atoms with Gasteiger partial charge in [-0.15, -0.1) is 0 Å². The van der Waals surface area contributed by atoms with Gasteiger partial charge in [-0.1, -0.05) is 40.0 Å². The molecule has 2 aliphatic carbocycles. The first kappa shape index (κ1) is 16.3. The van der Waals surface area contributed by atoms with E-state index in [0.29, 0.717) is 6.10 Å². The van der Waals surface area contributed by atoms with Crippen LogP contribution in [0.3, 0.4) is 0 Å². The van der Waals surface area contributed by atoms with Crippen LogP contribution in [0.5, 0.6) is 0 Å². The van der Waals surface area contributed by atoms with Crippen molar-refractivity contribution in [2.75, 3.05) is 19.7 Å². The first-order valence-electron chi connectivity index (χ1n) is 8.59. The molecule has 2 N–H and O–H groups in total. The molecule has 0 aromatic carbocycles. The average molecular weight is 282 g/mol. The fourth-order valence-electron chi connectivity index (χ4n) is 4.08. The van der Waals surface area contributed by atoms with E-state index in [0.717, 1.165) is 32.2 Å². The zero-order chi connectivity index (χ0) is 14.8. The van der Waals surface area contributed by atoms with E-state index in [1.165, 1.54) is 32.1 Å². The second-order valence-corrected chi connectivity index (χ2v) is 7.38. The Bertz CT molecular complexity index is 312. The Kier molecular flexibility index (Phi) is 5.14.